The minimum Gasteiger partial charge on any atom is -0.441 e. The summed E-state index contributed by atoms with van der Waals surface area (Å²) in [5.41, 5.74) is 3.00. The molecule has 1 aliphatic rings. The van der Waals surface area contributed by atoms with Gasteiger partial charge in [0.1, 0.15) is 5.76 Å². The Balaban J connectivity index is 1.51. The van der Waals surface area contributed by atoms with Gasteiger partial charge in [0, 0.05) is 24.1 Å². The molecule has 4 rings (SSSR count). The van der Waals surface area contributed by atoms with Crippen molar-refractivity contribution in [3.63, 3.8) is 0 Å². The van der Waals surface area contributed by atoms with Gasteiger partial charge in [-0.05, 0) is 43.9 Å². The van der Waals surface area contributed by atoms with Crippen molar-refractivity contribution in [2.24, 2.45) is 0 Å². The van der Waals surface area contributed by atoms with Crippen LogP contribution in [0.1, 0.15) is 49.1 Å². The predicted octanol–water partition coefficient (Wildman–Crippen LogP) is 5.38. The quantitative estimate of drug-likeness (QED) is 0.570. The van der Waals surface area contributed by atoms with Crippen molar-refractivity contribution < 1.29 is 9.21 Å². The molecule has 4 heteroatoms. The van der Waals surface area contributed by atoms with E-state index >= 15 is 0 Å². The standard InChI is InChI=1S/C25H28N2O2/c1-3-21(19-11-6-4-7-12-19)23-15-10-16-27(23)24(28)17-22-18(2)29-25(26-22)20-13-8-5-9-14-20/h4-9,11-14,21,23H,3,10,15-17H2,1-2H3/t21-,23+/m0/s1. The summed E-state index contributed by atoms with van der Waals surface area (Å²) in [6.45, 7) is 4.93. The fourth-order valence-electron chi connectivity index (χ4n) is 4.49. The van der Waals surface area contributed by atoms with Gasteiger partial charge in [0.25, 0.3) is 0 Å². The van der Waals surface area contributed by atoms with E-state index in [0.29, 0.717) is 18.2 Å². The van der Waals surface area contributed by atoms with Gasteiger partial charge in [-0.2, -0.15) is 0 Å². The van der Waals surface area contributed by atoms with Gasteiger partial charge in [-0.15, -0.1) is 0 Å². The van der Waals surface area contributed by atoms with Crippen LogP contribution in [0.25, 0.3) is 11.5 Å². The number of hydrogen-bond donors (Lipinski definition) is 0. The molecule has 1 aromatic heterocycles. The molecular formula is C25H28N2O2. The first-order chi connectivity index (χ1) is 14.2. The molecule has 0 N–H and O–H groups in total. The molecule has 2 heterocycles. The normalized spacial score (nSPS) is 17.4. The molecule has 4 nitrogen and oxygen atoms in total. The van der Waals surface area contributed by atoms with Crippen LogP contribution < -0.4 is 0 Å². The largest absolute Gasteiger partial charge is 0.441 e. The molecule has 2 atom stereocenters. The van der Waals surface area contributed by atoms with E-state index in [9.17, 15) is 4.79 Å². The van der Waals surface area contributed by atoms with E-state index in [0.717, 1.165) is 42.8 Å². The fourth-order valence-corrected chi connectivity index (χ4v) is 4.49. The zero-order valence-corrected chi connectivity index (χ0v) is 17.2. The Kier molecular flexibility index (Phi) is 5.79. The molecule has 150 valence electrons. The minimum absolute atomic E-state index is 0.151. The maximum absolute atomic E-state index is 13.2. The molecule has 2 aromatic carbocycles. The number of oxazole rings is 1. The summed E-state index contributed by atoms with van der Waals surface area (Å²) in [6, 6.07) is 20.7. The third kappa shape index (κ3) is 4.12. The highest BCUT2D eigenvalue weighted by atomic mass is 16.4. The van der Waals surface area contributed by atoms with E-state index in [2.05, 4.69) is 41.1 Å². The van der Waals surface area contributed by atoms with Crippen LogP contribution >= 0.6 is 0 Å². The summed E-state index contributed by atoms with van der Waals surface area (Å²) >= 11 is 0. The summed E-state index contributed by atoms with van der Waals surface area (Å²) in [7, 11) is 0. The van der Waals surface area contributed by atoms with E-state index in [1.165, 1.54) is 5.56 Å². The number of carbonyl (C=O) groups excluding carboxylic acids is 1. The van der Waals surface area contributed by atoms with E-state index in [4.69, 9.17) is 4.42 Å². The van der Waals surface area contributed by atoms with Crippen molar-refractivity contribution in [2.75, 3.05) is 6.54 Å². The third-order valence-corrected chi connectivity index (χ3v) is 5.98. The number of aryl methyl sites for hydroxylation is 1. The molecule has 0 radical (unpaired) electrons. The highest BCUT2D eigenvalue weighted by Gasteiger charge is 2.35. The van der Waals surface area contributed by atoms with Crippen LogP contribution in [0.4, 0.5) is 0 Å². The van der Waals surface area contributed by atoms with Crippen LogP contribution in [0.3, 0.4) is 0 Å². The highest BCUT2D eigenvalue weighted by Crippen LogP contribution is 2.34. The molecule has 1 saturated heterocycles. The molecule has 3 aromatic rings. The lowest BCUT2D eigenvalue weighted by Crippen LogP contribution is -2.40. The zero-order valence-electron chi connectivity index (χ0n) is 17.2. The second kappa shape index (κ2) is 8.64. The second-order valence-corrected chi connectivity index (χ2v) is 7.79. The number of nitrogens with zero attached hydrogens (tertiary/aromatic N) is 2. The van der Waals surface area contributed by atoms with Gasteiger partial charge in [-0.25, -0.2) is 4.98 Å². The van der Waals surface area contributed by atoms with Gasteiger partial charge in [0.15, 0.2) is 0 Å². The maximum Gasteiger partial charge on any atom is 0.228 e. The van der Waals surface area contributed by atoms with Crippen LogP contribution in [-0.4, -0.2) is 28.4 Å². The Hall–Kier alpha value is -2.88. The molecule has 29 heavy (non-hydrogen) atoms. The molecule has 0 spiro atoms. The number of carbonyl (C=O) groups is 1. The summed E-state index contributed by atoms with van der Waals surface area (Å²) < 4.78 is 5.85. The van der Waals surface area contributed by atoms with Crippen LogP contribution in [0.2, 0.25) is 0 Å². The summed E-state index contributed by atoms with van der Waals surface area (Å²) in [4.78, 5) is 19.9. The summed E-state index contributed by atoms with van der Waals surface area (Å²) in [6.07, 6.45) is 3.45. The van der Waals surface area contributed by atoms with Crippen molar-refractivity contribution in [3.05, 3.63) is 77.7 Å². The molecule has 0 bridgehead atoms. The highest BCUT2D eigenvalue weighted by molar-refractivity contribution is 5.79. The monoisotopic (exact) mass is 388 g/mol. The second-order valence-electron chi connectivity index (χ2n) is 7.79. The first kappa shape index (κ1) is 19.4. The number of likely N-dealkylation sites (tertiary alicyclic amines) is 1. The molecule has 0 saturated carbocycles. The molecule has 0 unspecified atom stereocenters. The fraction of sp³-hybridized carbons (Fsp3) is 0.360. The van der Waals surface area contributed by atoms with Gasteiger partial charge < -0.3 is 9.32 Å². The van der Waals surface area contributed by atoms with Gasteiger partial charge in [-0.3, -0.25) is 4.79 Å². The Labute approximate surface area is 172 Å². The van der Waals surface area contributed by atoms with Crippen molar-refractivity contribution in [1.29, 1.82) is 0 Å². The van der Waals surface area contributed by atoms with Crippen LogP contribution in [0, 0.1) is 6.92 Å². The number of aromatic nitrogens is 1. The maximum atomic E-state index is 13.2. The molecule has 0 aliphatic carbocycles. The Morgan fingerprint density at radius 3 is 2.52 bits per heavy atom. The number of amides is 1. The molecule has 1 fully saturated rings. The predicted molar refractivity (Wildman–Crippen MR) is 115 cm³/mol. The number of hydrogen-bond acceptors (Lipinski definition) is 3. The Morgan fingerprint density at radius 2 is 1.83 bits per heavy atom. The summed E-state index contributed by atoms with van der Waals surface area (Å²) in [5, 5.41) is 0. The van der Waals surface area contributed by atoms with E-state index in [-0.39, 0.29) is 11.9 Å². The smallest absolute Gasteiger partial charge is 0.228 e. The summed E-state index contributed by atoms with van der Waals surface area (Å²) in [5.74, 6) is 1.83. The number of rotatable bonds is 6. The van der Waals surface area contributed by atoms with Gasteiger partial charge in [0.2, 0.25) is 11.8 Å². The van der Waals surface area contributed by atoms with E-state index in [1.54, 1.807) is 0 Å². The molecule has 1 amide bonds. The molecule has 1 aliphatic heterocycles. The van der Waals surface area contributed by atoms with Crippen molar-refractivity contribution in [2.45, 2.75) is 51.5 Å². The van der Waals surface area contributed by atoms with Gasteiger partial charge in [0.05, 0.1) is 12.1 Å². The molecular weight excluding hydrogens is 360 g/mol. The average molecular weight is 389 g/mol. The van der Waals surface area contributed by atoms with Crippen LogP contribution in [-0.2, 0) is 11.2 Å². The zero-order chi connectivity index (χ0) is 20.2. The van der Waals surface area contributed by atoms with E-state index in [1.807, 2.05) is 43.3 Å². The van der Waals surface area contributed by atoms with Crippen molar-refractivity contribution in [3.8, 4) is 11.5 Å². The van der Waals surface area contributed by atoms with Crippen LogP contribution in [0.5, 0.6) is 0 Å². The lowest BCUT2D eigenvalue weighted by Gasteiger charge is -2.31. The van der Waals surface area contributed by atoms with Crippen molar-refractivity contribution >= 4 is 5.91 Å². The topological polar surface area (TPSA) is 46.3 Å². The average Bonchev–Trinajstić information content (AvgIpc) is 3.37. The lowest BCUT2D eigenvalue weighted by atomic mass is 9.87. The third-order valence-electron chi connectivity index (χ3n) is 5.98. The Bertz CT molecular complexity index is 949. The SMILES string of the molecule is CC[C@@H](c1ccccc1)[C@H]1CCCN1C(=O)Cc1nc(-c2ccccc2)oc1C. The first-order valence-electron chi connectivity index (χ1n) is 10.5. The first-order valence-corrected chi connectivity index (χ1v) is 10.5. The van der Waals surface area contributed by atoms with Gasteiger partial charge in [-0.1, -0.05) is 55.5 Å². The number of benzene rings is 2. The van der Waals surface area contributed by atoms with Crippen molar-refractivity contribution in [1.82, 2.24) is 9.88 Å². The van der Waals surface area contributed by atoms with E-state index < -0.39 is 0 Å². The van der Waals surface area contributed by atoms with Crippen LogP contribution in [0.15, 0.2) is 65.1 Å². The van der Waals surface area contributed by atoms with Gasteiger partial charge >= 0.3 is 0 Å². The minimum atomic E-state index is 0.151. The lowest BCUT2D eigenvalue weighted by molar-refractivity contribution is -0.131. The Morgan fingerprint density at radius 1 is 1.14 bits per heavy atom.